The second kappa shape index (κ2) is 5.10. The quantitative estimate of drug-likeness (QED) is 0.878. The van der Waals surface area contributed by atoms with Crippen LogP contribution in [0.3, 0.4) is 0 Å². The monoisotopic (exact) mass is 284 g/mol. The van der Waals surface area contributed by atoms with E-state index in [1.165, 1.54) is 0 Å². The van der Waals surface area contributed by atoms with Crippen LogP contribution in [0.4, 0.5) is 4.39 Å². The molecule has 2 aromatic rings. The highest BCUT2D eigenvalue weighted by molar-refractivity contribution is 6.21. The molecule has 0 unspecified atom stereocenters. The lowest BCUT2D eigenvalue weighted by Crippen LogP contribution is -2.29. The van der Waals surface area contributed by atoms with Crippen molar-refractivity contribution >= 4 is 11.8 Å². The summed E-state index contributed by atoms with van der Waals surface area (Å²) >= 11 is 0. The topological polar surface area (TPSA) is 63.4 Å². The fraction of sp³-hybridized carbons (Fsp3) is 0.125. The Bertz CT molecular complexity index is 708. The van der Waals surface area contributed by atoms with Crippen molar-refractivity contribution < 1.29 is 14.0 Å². The fourth-order valence-electron chi connectivity index (χ4n) is 2.47. The van der Waals surface area contributed by atoms with E-state index in [9.17, 15) is 14.0 Å². The number of nitrogens with zero attached hydrogens (tertiary/aromatic N) is 1. The van der Waals surface area contributed by atoms with Gasteiger partial charge in [-0.1, -0.05) is 30.3 Å². The molecule has 106 valence electrons. The summed E-state index contributed by atoms with van der Waals surface area (Å²) in [4.78, 5) is 25.5. The third-order valence-corrected chi connectivity index (χ3v) is 3.59. The highest BCUT2D eigenvalue weighted by Crippen LogP contribution is 2.25. The van der Waals surface area contributed by atoms with Gasteiger partial charge in [-0.25, -0.2) is 4.39 Å². The lowest BCUT2D eigenvalue weighted by Gasteiger charge is -2.15. The molecule has 0 atom stereocenters. The van der Waals surface area contributed by atoms with Crippen LogP contribution in [-0.4, -0.2) is 16.7 Å². The molecule has 0 fully saturated rings. The molecular weight excluding hydrogens is 271 g/mol. The predicted octanol–water partition coefficient (Wildman–Crippen LogP) is 2.08. The van der Waals surface area contributed by atoms with Crippen LogP contribution in [-0.2, 0) is 13.1 Å². The van der Waals surface area contributed by atoms with Crippen molar-refractivity contribution in [3.8, 4) is 0 Å². The molecule has 1 aliphatic rings. The summed E-state index contributed by atoms with van der Waals surface area (Å²) in [5, 5.41) is 0. The lowest BCUT2D eigenvalue weighted by atomic mass is 10.1. The Morgan fingerprint density at radius 2 is 1.48 bits per heavy atom. The van der Waals surface area contributed by atoms with Crippen LogP contribution >= 0.6 is 0 Å². The van der Waals surface area contributed by atoms with E-state index in [1.54, 1.807) is 42.5 Å². The summed E-state index contributed by atoms with van der Waals surface area (Å²) in [6.07, 6.45) is 0. The summed E-state index contributed by atoms with van der Waals surface area (Å²) in [6.45, 7) is -0.0200. The number of fused-ring (bicyclic) bond motifs is 1. The smallest absolute Gasteiger partial charge is 0.261 e. The number of carbonyl (C=O) groups excluding carboxylic acids is 2. The van der Waals surface area contributed by atoms with E-state index in [0.29, 0.717) is 16.7 Å². The van der Waals surface area contributed by atoms with E-state index in [1.807, 2.05) is 0 Å². The minimum absolute atomic E-state index is 0.0712. The van der Waals surface area contributed by atoms with Crippen LogP contribution in [0.25, 0.3) is 0 Å². The number of amides is 2. The molecule has 0 saturated heterocycles. The Hall–Kier alpha value is -2.53. The third kappa shape index (κ3) is 2.11. The van der Waals surface area contributed by atoms with Gasteiger partial charge in [0.05, 0.1) is 17.7 Å². The second-order valence-electron chi connectivity index (χ2n) is 4.84. The maximum Gasteiger partial charge on any atom is 0.261 e. The first kappa shape index (κ1) is 13.5. The van der Waals surface area contributed by atoms with Gasteiger partial charge < -0.3 is 5.73 Å². The third-order valence-electron chi connectivity index (χ3n) is 3.59. The van der Waals surface area contributed by atoms with Crippen molar-refractivity contribution in [1.82, 2.24) is 4.90 Å². The molecule has 2 amide bonds. The normalized spacial score (nSPS) is 13.7. The second-order valence-corrected chi connectivity index (χ2v) is 4.84. The van der Waals surface area contributed by atoms with E-state index in [-0.39, 0.29) is 18.7 Å². The van der Waals surface area contributed by atoms with Crippen molar-refractivity contribution in [1.29, 1.82) is 0 Å². The molecule has 0 aromatic heterocycles. The van der Waals surface area contributed by atoms with Gasteiger partial charge in [0.15, 0.2) is 0 Å². The number of nitrogens with two attached hydrogens (primary N) is 1. The van der Waals surface area contributed by atoms with Gasteiger partial charge in [0.1, 0.15) is 5.82 Å². The first-order chi connectivity index (χ1) is 10.1. The van der Waals surface area contributed by atoms with Gasteiger partial charge in [0.25, 0.3) is 11.8 Å². The van der Waals surface area contributed by atoms with E-state index in [4.69, 9.17) is 5.73 Å². The van der Waals surface area contributed by atoms with E-state index in [2.05, 4.69) is 0 Å². The van der Waals surface area contributed by atoms with Crippen molar-refractivity contribution in [3.63, 3.8) is 0 Å². The zero-order valence-corrected chi connectivity index (χ0v) is 11.2. The summed E-state index contributed by atoms with van der Waals surface area (Å²) < 4.78 is 14.2. The maximum absolute atomic E-state index is 14.2. The van der Waals surface area contributed by atoms with Crippen LogP contribution in [0, 0.1) is 5.82 Å². The first-order valence-electron chi connectivity index (χ1n) is 6.55. The van der Waals surface area contributed by atoms with Crippen LogP contribution in [0.1, 0.15) is 31.8 Å². The number of halogens is 1. The number of carbonyl (C=O) groups is 2. The predicted molar refractivity (Wildman–Crippen MR) is 74.9 cm³/mol. The minimum Gasteiger partial charge on any atom is -0.326 e. The van der Waals surface area contributed by atoms with E-state index < -0.39 is 17.6 Å². The Kier molecular flexibility index (Phi) is 3.27. The summed E-state index contributed by atoms with van der Waals surface area (Å²) in [7, 11) is 0. The van der Waals surface area contributed by atoms with E-state index in [0.717, 1.165) is 4.90 Å². The number of rotatable bonds is 3. The number of benzene rings is 2. The summed E-state index contributed by atoms with van der Waals surface area (Å²) in [5.74, 6) is -1.25. The standard InChI is InChI=1S/C16H13FN2O2/c17-14-10(8-18)4-3-5-11(14)9-19-15(20)12-6-1-2-7-13(12)16(19)21/h1-7H,8-9,18H2. The van der Waals surface area contributed by atoms with Gasteiger partial charge in [-0.05, 0) is 12.1 Å². The molecule has 2 N–H and O–H groups in total. The molecule has 1 aliphatic heterocycles. The van der Waals surface area contributed by atoms with Gasteiger partial charge in [0, 0.05) is 17.7 Å². The molecule has 2 aromatic carbocycles. The molecular formula is C16H13FN2O2. The molecule has 5 heteroatoms. The number of hydrogen-bond donors (Lipinski definition) is 1. The van der Waals surface area contributed by atoms with Crippen LogP contribution in [0.5, 0.6) is 0 Å². The van der Waals surface area contributed by atoms with Gasteiger partial charge in [0.2, 0.25) is 0 Å². The van der Waals surface area contributed by atoms with E-state index >= 15 is 0 Å². The van der Waals surface area contributed by atoms with Crippen molar-refractivity contribution in [2.75, 3.05) is 0 Å². The minimum atomic E-state index is -0.462. The number of imide groups is 1. The molecule has 21 heavy (non-hydrogen) atoms. The Morgan fingerprint density at radius 1 is 0.905 bits per heavy atom. The highest BCUT2D eigenvalue weighted by Gasteiger charge is 2.35. The lowest BCUT2D eigenvalue weighted by molar-refractivity contribution is 0.0641. The SMILES string of the molecule is NCc1cccc(CN2C(=O)c3ccccc3C2=O)c1F. The molecule has 4 nitrogen and oxygen atoms in total. The maximum atomic E-state index is 14.2. The van der Waals surface area contributed by atoms with Gasteiger partial charge in [-0.3, -0.25) is 14.5 Å². The molecule has 3 rings (SSSR count). The Balaban J connectivity index is 1.94. The zero-order valence-electron chi connectivity index (χ0n) is 11.2. The van der Waals surface area contributed by atoms with Gasteiger partial charge >= 0.3 is 0 Å². The summed E-state index contributed by atoms with van der Waals surface area (Å²) in [5.41, 5.74) is 6.83. The molecule has 0 saturated carbocycles. The van der Waals surface area contributed by atoms with Crippen LogP contribution < -0.4 is 5.73 Å². The highest BCUT2D eigenvalue weighted by atomic mass is 19.1. The molecule has 0 radical (unpaired) electrons. The van der Waals surface area contributed by atoms with Gasteiger partial charge in [-0.2, -0.15) is 0 Å². The fourth-order valence-corrected chi connectivity index (χ4v) is 2.47. The first-order valence-corrected chi connectivity index (χ1v) is 6.55. The Morgan fingerprint density at radius 3 is 2.05 bits per heavy atom. The average molecular weight is 284 g/mol. The number of hydrogen-bond acceptors (Lipinski definition) is 3. The molecule has 0 bridgehead atoms. The van der Waals surface area contributed by atoms with Crippen molar-refractivity contribution in [2.45, 2.75) is 13.1 Å². The van der Waals surface area contributed by atoms with Crippen LogP contribution in [0.15, 0.2) is 42.5 Å². The largest absolute Gasteiger partial charge is 0.326 e. The van der Waals surface area contributed by atoms with Gasteiger partial charge in [-0.15, -0.1) is 0 Å². The summed E-state index contributed by atoms with van der Waals surface area (Å²) in [6, 6.07) is 11.4. The van der Waals surface area contributed by atoms with Crippen LogP contribution in [0.2, 0.25) is 0 Å². The average Bonchev–Trinajstić information content (AvgIpc) is 2.75. The molecule has 1 heterocycles. The van der Waals surface area contributed by atoms with Crippen molar-refractivity contribution in [2.24, 2.45) is 5.73 Å². The molecule has 0 spiro atoms. The van der Waals surface area contributed by atoms with Crippen molar-refractivity contribution in [3.05, 3.63) is 70.5 Å². The molecule has 0 aliphatic carbocycles. The Labute approximate surface area is 121 Å². The zero-order chi connectivity index (χ0) is 15.0.